The molecule has 0 saturated carbocycles. The van der Waals surface area contributed by atoms with Crippen molar-refractivity contribution in [2.75, 3.05) is 24.2 Å². The van der Waals surface area contributed by atoms with Crippen molar-refractivity contribution in [3.63, 3.8) is 0 Å². The Labute approximate surface area is 138 Å². The van der Waals surface area contributed by atoms with Crippen LogP contribution in [-0.2, 0) is 16.3 Å². The average Bonchev–Trinajstić information content (AvgIpc) is 2.56. The Morgan fingerprint density at radius 1 is 1.09 bits per heavy atom. The fourth-order valence-corrected chi connectivity index (χ4v) is 4.04. The SMILES string of the molecule is CS(=O)(=O)c1cccnc1N1CCC(Cc2ccccc2)CC1. The van der Waals surface area contributed by atoms with Crippen LogP contribution in [0.4, 0.5) is 5.82 Å². The van der Waals surface area contributed by atoms with Gasteiger partial charge in [-0.25, -0.2) is 13.4 Å². The Hall–Kier alpha value is -1.88. The highest BCUT2D eigenvalue weighted by Gasteiger charge is 2.24. The van der Waals surface area contributed by atoms with Gasteiger partial charge in [-0.2, -0.15) is 0 Å². The lowest BCUT2D eigenvalue weighted by atomic mass is 9.90. The number of rotatable bonds is 4. The Balaban J connectivity index is 1.68. The van der Waals surface area contributed by atoms with Crippen LogP contribution in [0.1, 0.15) is 18.4 Å². The molecule has 0 N–H and O–H groups in total. The van der Waals surface area contributed by atoms with Crippen LogP contribution in [-0.4, -0.2) is 32.7 Å². The maximum absolute atomic E-state index is 11.9. The number of nitrogens with zero attached hydrogens (tertiary/aromatic N) is 2. The number of sulfone groups is 1. The molecule has 0 atom stereocenters. The van der Waals surface area contributed by atoms with Crippen molar-refractivity contribution in [3.05, 3.63) is 54.2 Å². The third kappa shape index (κ3) is 3.91. The molecule has 0 aliphatic carbocycles. The standard InChI is InChI=1S/C18H22N2O2S/c1-23(21,22)17-8-5-11-19-18(17)20-12-9-16(10-13-20)14-15-6-3-2-4-7-15/h2-8,11,16H,9-10,12-14H2,1H3. The van der Waals surface area contributed by atoms with Gasteiger partial charge < -0.3 is 4.90 Å². The molecule has 1 saturated heterocycles. The van der Waals surface area contributed by atoms with Crippen LogP contribution in [0.25, 0.3) is 0 Å². The van der Waals surface area contributed by atoms with E-state index >= 15 is 0 Å². The van der Waals surface area contributed by atoms with Gasteiger partial charge in [0, 0.05) is 25.5 Å². The summed E-state index contributed by atoms with van der Waals surface area (Å²) in [6.07, 6.45) is 6.13. The van der Waals surface area contributed by atoms with Crippen LogP contribution in [0.15, 0.2) is 53.6 Å². The average molecular weight is 330 g/mol. The molecule has 122 valence electrons. The van der Waals surface area contributed by atoms with Gasteiger partial charge in [-0.3, -0.25) is 0 Å². The molecule has 0 bridgehead atoms. The number of hydrogen-bond acceptors (Lipinski definition) is 4. The van der Waals surface area contributed by atoms with Crippen molar-refractivity contribution in [2.45, 2.75) is 24.2 Å². The van der Waals surface area contributed by atoms with Gasteiger partial charge in [0.15, 0.2) is 9.84 Å². The van der Waals surface area contributed by atoms with Gasteiger partial charge in [-0.1, -0.05) is 30.3 Å². The van der Waals surface area contributed by atoms with E-state index in [0.717, 1.165) is 32.4 Å². The summed E-state index contributed by atoms with van der Waals surface area (Å²) in [4.78, 5) is 6.77. The molecule has 2 heterocycles. The minimum absolute atomic E-state index is 0.335. The summed E-state index contributed by atoms with van der Waals surface area (Å²) >= 11 is 0. The summed E-state index contributed by atoms with van der Waals surface area (Å²) in [7, 11) is -3.25. The first-order valence-electron chi connectivity index (χ1n) is 7.98. The van der Waals surface area contributed by atoms with Gasteiger partial charge in [0.1, 0.15) is 10.7 Å². The predicted octanol–water partition coefficient (Wildman–Crippen LogP) is 2.94. The van der Waals surface area contributed by atoms with Crippen molar-refractivity contribution in [1.82, 2.24) is 4.98 Å². The van der Waals surface area contributed by atoms with E-state index in [4.69, 9.17) is 0 Å². The number of pyridine rings is 1. The predicted molar refractivity (Wildman–Crippen MR) is 92.4 cm³/mol. The van der Waals surface area contributed by atoms with E-state index in [9.17, 15) is 8.42 Å². The van der Waals surface area contributed by atoms with E-state index < -0.39 is 9.84 Å². The summed E-state index contributed by atoms with van der Waals surface area (Å²) in [5, 5.41) is 0. The van der Waals surface area contributed by atoms with Crippen LogP contribution in [0, 0.1) is 5.92 Å². The third-order valence-corrected chi connectivity index (χ3v) is 5.55. The molecular weight excluding hydrogens is 308 g/mol. The molecule has 3 rings (SSSR count). The molecule has 4 nitrogen and oxygen atoms in total. The van der Waals surface area contributed by atoms with E-state index in [1.807, 2.05) is 6.07 Å². The zero-order chi connectivity index (χ0) is 16.3. The molecule has 1 aromatic heterocycles. The lowest BCUT2D eigenvalue weighted by Crippen LogP contribution is -2.35. The van der Waals surface area contributed by atoms with Gasteiger partial charge in [0.25, 0.3) is 0 Å². The molecule has 23 heavy (non-hydrogen) atoms. The highest BCUT2D eigenvalue weighted by atomic mass is 32.2. The summed E-state index contributed by atoms with van der Waals surface area (Å²) < 4.78 is 23.9. The zero-order valence-electron chi connectivity index (χ0n) is 13.4. The second kappa shape index (κ2) is 6.71. The van der Waals surface area contributed by atoms with Crippen molar-refractivity contribution in [3.8, 4) is 0 Å². The van der Waals surface area contributed by atoms with Gasteiger partial charge in [0.05, 0.1) is 0 Å². The molecule has 0 amide bonds. The van der Waals surface area contributed by atoms with Crippen molar-refractivity contribution >= 4 is 15.7 Å². The quantitative estimate of drug-likeness (QED) is 0.865. The fraction of sp³-hybridized carbons (Fsp3) is 0.389. The number of hydrogen-bond donors (Lipinski definition) is 0. The number of benzene rings is 1. The normalized spacial score (nSPS) is 16.5. The van der Waals surface area contributed by atoms with Crippen LogP contribution in [0.3, 0.4) is 0 Å². The number of aromatic nitrogens is 1. The lowest BCUT2D eigenvalue weighted by Gasteiger charge is -2.33. The van der Waals surface area contributed by atoms with E-state index in [1.54, 1.807) is 18.3 Å². The zero-order valence-corrected chi connectivity index (χ0v) is 14.2. The van der Waals surface area contributed by atoms with E-state index in [-0.39, 0.29) is 0 Å². The molecular formula is C18H22N2O2S. The second-order valence-electron chi connectivity index (χ2n) is 6.22. The van der Waals surface area contributed by atoms with Crippen LogP contribution in [0.2, 0.25) is 0 Å². The highest BCUT2D eigenvalue weighted by molar-refractivity contribution is 7.90. The molecule has 5 heteroatoms. The summed E-state index contributed by atoms with van der Waals surface area (Å²) in [6, 6.07) is 13.9. The molecule has 1 fully saturated rings. The maximum atomic E-state index is 11.9. The van der Waals surface area contributed by atoms with Crippen LogP contribution >= 0.6 is 0 Å². The first-order chi connectivity index (χ1) is 11.0. The monoisotopic (exact) mass is 330 g/mol. The number of piperidine rings is 1. The van der Waals surface area contributed by atoms with Gasteiger partial charge >= 0.3 is 0 Å². The van der Waals surface area contributed by atoms with Crippen molar-refractivity contribution in [2.24, 2.45) is 5.92 Å². The summed E-state index contributed by atoms with van der Waals surface area (Å²) in [5.74, 6) is 1.26. The number of anilines is 1. The third-order valence-electron chi connectivity index (χ3n) is 4.43. The van der Waals surface area contributed by atoms with E-state index in [2.05, 4.69) is 34.1 Å². The smallest absolute Gasteiger partial charge is 0.179 e. The fourth-order valence-electron chi connectivity index (χ4n) is 3.21. The van der Waals surface area contributed by atoms with E-state index in [0.29, 0.717) is 16.6 Å². The topological polar surface area (TPSA) is 50.3 Å². The molecule has 0 unspecified atom stereocenters. The van der Waals surface area contributed by atoms with Crippen LogP contribution < -0.4 is 4.90 Å². The summed E-state index contributed by atoms with van der Waals surface area (Å²) in [6.45, 7) is 1.72. The van der Waals surface area contributed by atoms with Gasteiger partial charge in [-0.05, 0) is 42.9 Å². The largest absolute Gasteiger partial charge is 0.356 e. The Morgan fingerprint density at radius 2 is 1.78 bits per heavy atom. The molecule has 1 aromatic carbocycles. The maximum Gasteiger partial charge on any atom is 0.179 e. The minimum Gasteiger partial charge on any atom is -0.356 e. The Kier molecular flexibility index (Phi) is 4.66. The molecule has 1 aliphatic heterocycles. The first kappa shape index (κ1) is 16.0. The van der Waals surface area contributed by atoms with Gasteiger partial charge in [0.2, 0.25) is 0 Å². The summed E-state index contributed by atoms with van der Waals surface area (Å²) in [5.41, 5.74) is 1.38. The lowest BCUT2D eigenvalue weighted by molar-refractivity contribution is 0.401. The Morgan fingerprint density at radius 3 is 2.43 bits per heavy atom. The van der Waals surface area contributed by atoms with Crippen LogP contribution in [0.5, 0.6) is 0 Å². The molecule has 0 radical (unpaired) electrons. The molecule has 0 spiro atoms. The minimum atomic E-state index is -3.25. The molecule has 2 aromatic rings. The first-order valence-corrected chi connectivity index (χ1v) is 9.87. The second-order valence-corrected chi connectivity index (χ2v) is 8.20. The van der Waals surface area contributed by atoms with E-state index in [1.165, 1.54) is 11.8 Å². The van der Waals surface area contributed by atoms with Gasteiger partial charge in [-0.15, -0.1) is 0 Å². The molecule has 1 aliphatic rings. The van der Waals surface area contributed by atoms with Crippen molar-refractivity contribution < 1.29 is 8.42 Å². The van der Waals surface area contributed by atoms with Crippen molar-refractivity contribution in [1.29, 1.82) is 0 Å². The Bertz CT molecular complexity index is 752. The highest BCUT2D eigenvalue weighted by Crippen LogP contribution is 2.28.